The van der Waals surface area contributed by atoms with E-state index < -0.39 is 5.97 Å². The van der Waals surface area contributed by atoms with Crippen molar-refractivity contribution >= 4 is 12.0 Å². The highest BCUT2D eigenvalue weighted by molar-refractivity contribution is 5.92. The molecule has 0 fully saturated rings. The van der Waals surface area contributed by atoms with E-state index in [0.29, 0.717) is 12.4 Å². The maximum absolute atomic E-state index is 11.5. The molecule has 2 rings (SSSR count). The fraction of sp³-hybridized carbons (Fsp3) is 0.105. The Morgan fingerprint density at radius 3 is 2.65 bits per heavy atom. The van der Waals surface area contributed by atoms with Crippen LogP contribution in [0.3, 0.4) is 0 Å². The number of carbonyl (C=O) groups is 1. The lowest BCUT2D eigenvalue weighted by molar-refractivity contribution is 0.0597. The topological polar surface area (TPSA) is 55.8 Å². The van der Waals surface area contributed by atoms with Gasteiger partial charge in [0.15, 0.2) is 0 Å². The second kappa shape index (κ2) is 8.44. The minimum atomic E-state index is -0.603. The van der Waals surface area contributed by atoms with Gasteiger partial charge in [0.25, 0.3) is 0 Å². The summed E-state index contributed by atoms with van der Waals surface area (Å²) in [4.78, 5) is 11.5. The van der Waals surface area contributed by atoms with Crippen LogP contribution in [0.5, 0.6) is 11.5 Å². The number of phenolic OH excluding ortho intramolecular Hbond substituents is 1. The summed E-state index contributed by atoms with van der Waals surface area (Å²) < 4.78 is 10.1. The zero-order valence-electron chi connectivity index (χ0n) is 12.8. The van der Waals surface area contributed by atoms with E-state index in [1.54, 1.807) is 6.07 Å². The third-order valence-corrected chi connectivity index (χ3v) is 3.05. The molecule has 4 nitrogen and oxygen atoms in total. The monoisotopic (exact) mass is 310 g/mol. The molecule has 2 aromatic rings. The summed E-state index contributed by atoms with van der Waals surface area (Å²) >= 11 is 0. The number of hydrogen-bond donors (Lipinski definition) is 1. The molecule has 0 unspecified atom stereocenters. The average Bonchev–Trinajstić information content (AvgIpc) is 2.59. The summed E-state index contributed by atoms with van der Waals surface area (Å²) in [5.41, 5.74) is 1.21. The van der Waals surface area contributed by atoms with Crippen LogP contribution in [0.25, 0.3) is 6.08 Å². The van der Waals surface area contributed by atoms with Crippen LogP contribution in [0.4, 0.5) is 0 Å². The fourth-order valence-corrected chi connectivity index (χ4v) is 1.89. The summed E-state index contributed by atoms with van der Waals surface area (Å²) in [6.07, 6.45) is 7.65. The molecule has 2 aromatic carbocycles. The summed E-state index contributed by atoms with van der Waals surface area (Å²) in [6, 6.07) is 14.4. The van der Waals surface area contributed by atoms with Gasteiger partial charge in [-0.15, -0.1) is 0 Å². The Bertz CT molecular complexity index is 703. The maximum Gasteiger partial charge on any atom is 0.341 e. The molecule has 118 valence electrons. The van der Waals surface area contributed by atoms with E-state index >= 15 is 0 Å². The summed E-state index contributed by atoms with van der Waals surface area (Å²) in [5.74, 6) is -0.250. The van der Waals surface area contributed by atoms with Gasteiger partial charge in [-0.05, 0) is 29.8 Å². The highest BCUT2D eigenvalue weighted by atomic mass is 16.5. The lowest BCUT2D eigenvalue weighted by atomic mass is 10.2. The highest BCUT2D eigenvalue weighted by Crippen LogP contribution is 2.23. The quantitative estimate of drug-likeness (QED) is 0.651. The Labute approximate surface area is 135 Å². The summed E-state index contributed by atoms with van der Waals surface area (Å²) in [6.45, 7) is 0.352. The zero-order chi connectivity index (χ0) is 16.5. The van der Waals surface area contributed by atoms with Crippen LogP contribution in [0, 0.1) is 0 Å². The normalized spacial score (nSPS) is 11.0. The van der Waals surface area contributed by atoms with E-state index in [0.717, 1.165) is 5.56 Å². The molecule has 0 heterocycles. The van der Waals surface area contributed by atoms with Crippen molar-refractivity contribution in [3.05, 3.63) is 77.9 Å². The summed E-state index contributed by atoms with van der Waals surface area (Å²) in [7, 11) is 1.26. The molecule has 23 heavy (non-hydrogen) atoms. The molecule has 0 aliphatic carbocycles. The maximum atomic E-state index is 11.5. The Balaban J connectivity index is 1.88. The number of benzene rings is 2. The van der Waals surface area contributed by atoms with Crippen molar-refractivity contribution in [3.8, 4) is 11.5 Å². The number of ether oxygens (including phenoxy) is 2. The summed E-state index contributed by atoms with van der Waals surface area (Å²) in [5, 5.41) is 9.61. The molecule has 0 spiro atoms. The molecule has 0 saturated heterocycles. The number of rotatable bonds is 6. The van der Waals surface area contributed by atoms with Crippen LogP contribution in [-0.2, 0) is 4.74 Å². The number of aromatic hydroxyl groups is 1. The smallest absolute Gasteiger partial charge is 0.341 e. The molecule has 4 heteroatoms. The molecular weight excluding hydrogens is 292 g/mol. The van der Waals surface area contributed by atoms with Gasteiger partial charge in [0, 0.05) is 0 Å². The Morgan fingerprint density at radius 1 is 1.13 bits per heavy atom. The fourth-order valence-electron chi connectivity index (χ4n) is 1.89. The van der Waals surface area contributed by atoms with Crippen LogP contribution >= 0.6 is 0 Å². The predicted molar refractivity (Wildman–Crippen MR) is 89.6 cm³/mol. The second-order valence-electron chi connectivity index (χ2n) is 4.68. The van der Waals surface area contributed by atoms with Crippen molar-refractivity contribution in [3.63, 3.8) is 0 Å². The average molecular weight is 310 g/mol. The Morgan fingerprint density at radius 2 is 1.91 bits per heavy atom. The number of esters is 1. The number of hydrogen-bond acceptors (Lipinski definition) is 4. The molecule has 0 aliphatic rings. The lowest BCUT2D eigenvalue weighted by Gasteiger charge is -2.06. The number of allylic oxidation sites excluding steroid dienone is 2. The third-order valence-electron chi connectivity index (χ3n) is 3.05. The van der Waals surface area contributed by atoms with Crippen molar-refractivity contribution in [1.29, 1.82) is 0 Å². The van der Waals surface area contributed by atoms with Gasteiger partial charge in [0.2, 0.25) is 0 Å². The number of phenols is 1. The molecule has 0 amide bonds. The van der Waals surface area contributed by atoms with Crippen LogP contribution in [0.2, 0.25) is 0 Å². The van der Waals surface area contributed by atoms with Gasteiger partial charge in [-0.2, -0.15) is 0 Å². The molecule has 0 aliphatic heterocycles. The zero-order valence-corrected chi connectivity index (χ0v) is 12.8. The van der Waals surface area contributed by atoms with Gasteiger partial charge in [-0.1, -0.05) is 48.6 Å². The van der Waals surface area contributed by atoms with Gasteiger partial charge >= 0.3 is 5.97 Å². The van der Waals surface area contributed by atoms with E-state index in [-0.39, 0.29) is 11.3 Å². The van der Waals surface area contributed by atoms with E-state index in [9.17, 15) is 9.90 Å². The molecule has 0 aromatic heterocycles. The van der Waals surface area contributed by atoms with E-state index in [2.05, 4.69) is 4.74 Å². The predicted octanol–water partition coefficient (Wildman–Crippen LogP) is 3.83. The number of methoxy groups -OCH3 is 1. The Kier molecular flexibility index (Phi) is 6.00. The van der Waals surface area contributed by atoms with E-state index in [1.807, 2.05) is 54.6 Å². The van der Waals surface area contributed by atoms with Crippen LogP contribution in [0.1, 0.15) is 15.9 Å². The van der Waals surface area contributed by atoms with Gasteiger partial charge in [0.05, 0.1) is 7.11 Å². The van der Waals surface area contributed by atoms with Crippen LogP contribution in [-0.4, -0.2) is 24.8 Å². The van der Waals surface area contributed by atoms with E-state index in [4.69, 9.17) is 4.74 Å². The van der Waals surface area contributed by atoms with Gasteiger partial charge < -0.3 is 14.6 Å². The molecule has 0 bridgehead atoms. The lowest BCUT2D eigenvalue weighted by Crippen LogP contribution is -2.02. The van der Waals surface area contributed by atoms with Crippen molar-refractivity contribution < 1.29 is 19.4 Å². The van der Waals surface area contributed by atoms with Crippen LogP contribution in [0.15, 0.2) is 66.8 Å². The van der Waals surface area contributed by atoms with Gasteiger partial charge in [0.1, 0.15) is 23.7 Å². The van der Waals surface area contributed by atoms with Crippen molar-refractivity contribution in [1.82, 2.24) is 0 Å². The largest absolute Gasteiger partial charge is 0.507 e. The van der Waals surface area contributed by atoms with Crippen LogP contribution < -0.4 is 4.74 Å². The molecule has 1 N–H and O–H groups in total. The van der Waals surface area contributed by atoms with Gasteiger partial charge in [-0.3, -0.25) is 0 Å². The first-order valence-electron chi connectivity index (χ1n) is 7.13. The number of carbonyl (C=O) groups excluding carboxylic acids is 1. The minimum Gasteiger partial charge on any atom is -0.507 e. The van der Waals surface area contributed by atoms with Crippen molar-refractivity contribution in [2.75, 3.05) is 13.7 Å². The molecule has 0 saturated carbocycles. The van der Waals surface area contributed by atoms with Crippen molar-refractivity contribution in [2.45, 2.75) is 0 Å². The SMILES string of the molecule is COC(=O)c1cc(OC/C=C/C=C/c2ccccc2)ccc1O. The second-order valence-corrected chi connectivity index (χ2v) is 4.68. The van der Waals surface area contributed by atoms with Gasteiger partial charge in [-0.25, -0.2) is 4.79 Å². The Hall–Kier alpha value is -3.01. The third kappa shape index (κ3) is 5.04. The first-order chi connectivity index (χ1) is 11.2. The van der Waals surface area contributed by atoms with E-state index in [1.165, 1.54) is 19.2 Å². The van der Waals surface area contributed by atoms with Crippen molar-refractivity contribution in [2.24, 2.45) is 0 Å². The minimum absolute atomic E-state index is 0.0814. The molecule has 0 radical (unpaired) electrons. The molecular formula is C19H18O4. The first-order valence-corrected chi connectivity index (χ1v) is 7.13. The molecule has 0 atom stereocenters. The first kappa shape index (κ1) is 16.4. The standard InChI is InChI=1S/C19H18O4/c1-22-19(21)17-14-16(11-12-18(17)20)23-13-7-3-6-10-15-8-4-2-5-9-15/h2-12,14,20H,13H2,1H3/b7-3+,10-6+. The highest BCUT2D eigenvalue weighted by Gasteiger charge is 2.12.